The summed E-state index contributed by atoms with van der Waals surface area (Å²) in [6.07, 6.45) is 1.63. The first-order valence-electron chi connectivity index (χ1n) is 4.36. The molecule has 0 aliphatic heterocycles. The molecule has 0 aliphatic rings. The lowest BCUT2D eigenvalue weighted by atomic mass is 10.2. The highest BCUT2D eigenvalue weighted by atomic mass is 16.6. The van der Waals surface area contributed by atoms with Crippen LogP contribution in [0, 0.1) is 10.1 Å². The fraction of sp³-hybridized carbons (Fsp3) is 0.200. The maximum Gasteiger partial charge on any atom is 0.292 e. The Balaban J connectivity index is 2.73. The van der Waals surface area contributed by atoms with E-state index < -0.39 is 4.92 Å². The van der Waals surface area contributed by atoms with E-state index in [2.05, 4.69) is 6.58 Å². The molecule has 0 spiro atoms. The number of benzene rings is 1. The van der Waals surface area contributed by atoms with Gasteiger partial charge >= 0.3 is 0 Å². The van der Waals surface area contributed by atoms with Gasteiger partial charge in [0.15, 0.2) is 0 Å². The van der Waals surface area contributed by atoms with E-state index in [0.29, 0.717) is 13.2 Å². The van der Waals surface area contributed by atoms with Crippen LogP contribution in [0.15, 0.2) is 30.9 Å². The molecule has 0 saturated carbocycles. The zero-order chi connectivity index (χ0) is 11.3. The Labute approximate surface area is 87.3 Å². The quantitative estimate of drug-likeness (QED) is 0.263. The van der Waals surface area contributed by atoms with Gasteiger partial charge in [-0.1, -0.05) is 6.08 Å². The Morgan fingerprint density at radius 3 is 2.87 bits per heavy atom. The molecular weight excluding hydrogens is 196 g/mol. The second kappa shape index (κ2) is 5.11. The molecule has 0 radical (unpaired) electrons. The molecule has 0 unspecified atom stereocenters. The molecule has 0 bridgehead atoms. The van der Waals surface area contributed by atoms with Gasteiger partial charge in [0.2, 0.25) is 0 Å². The number of ether oxygens (including phenoxy) is 1. The van der Waals surface area contributed by atoms with Gasteiger partial charge < -0.3 is 10.5 Å². The van der Waals surface area contributed by atoms with Crippen LogP contribution in [0.4, 0.5) is 11.4 Å². The van der Waals surface area contributed by atoms with Gasteiger partial charge in [0.05, 0.1) is 18.1 Å². The summed E-state index contributed by atoms with van der Waals surface area (Å²) >= 11 is 0. The molecule has 2 N–H and O–H groups in total. The van der Waals surface area contributed by atoms with Crippen LogP contribution in [0.1, 0.15) is 5.56 Å². The second-order valence-electron chi connectivity index (χ2n) is 2.95. The van der Waals surface area contributed by atoms with Crippen molar-refractivity contribution in [3.8, 4) is 0 Å². The number of nitro benzene ring substituents is 1. The Morgan fingerprint density at radius 1 is 1.60 bits per heavy atom. The molecule has 1 rings (SSSR count). The van der Waals surface area contributed by atoms with E-state index in [4.69, 9.17) is 10.5 Å². The summed E-state index contributed by atoms with van der Waals surface area (Å²) in [5, 5.41) is 10.5. The molecule has 0 atom stereocenters. The van der Waals surface area contributed by atoms with Crippen LogP contribution in [0.25, 0.3) is 0 Å². The van der Waals surface area contributed by atoms with Crippen LogP contribution < -0.4 is 5.73 Å². The first kappa shape index (κ1) is 11.2. The Bertz CT molecular complexity index is 377. The molecule has 5 heteroatoms. The number of hydrogen-bond donors (Lipinski definition) is 1. The van der Waals surface area contributed by atoms with Crippen LogP contribution in [0.2, 0.25) is 0 Å². The van der Waals surface area contributed by atoms with E-state index in [1.807, 2.05) is 0 Å². The SMILES string of the molecule is C=CCOCc1ccc([N+](=O)[O-])c(N)c1. The fourth-order valence-electron chi connectivity index (χ4n) is 1.12. The average molecular weight is 208 g/mol. The second-order valence-corrected chi connectivity index (χ2v) is 2.95. The average Bonchev–Trinajstić information content (AvgIpc) is 2.17. The molecule has 1 aromatic rings. The van der Waals surface area contributed by atoms with Crippen molar-refractivity contribution in [1.82, 2.24) is 0 Å². The Morgan fingerprint density at radius 2 is 2.33 bits per heavy atom. The predicted molar refractivity (Wildman–Crippen MR) is 57.4 cm³/mol. The largest absolute Gasteiger partial charge is 0.393 e. The summed E-state index contributed by atoms with van der Waals surface area (Å²) in [4.78, 5) is 9.96. The molecule has 15 heavy (non-hydrogen) atoms. The normalized spacial score (nSPS) is 9.87. The van der Waals surface area contributed by atoms with Gasteiger partial charge in [-0.3, -0.25) is 10.1 Å². The summed E-state index contributed by atoms with van der Waals surface area (Å²) in [5.74, 6) is 0. The van der Waals surface area contributed by atoms with Gasteiger partial charge in [0.1, 0.15) is 5.69 Å². The van der Waals surface area contributed by atoms with Crippen LogP contribution >= 0.6 is 0 Å². The minimum absolute atomic E-state index is 0.0810. The van der Waals surface area contributed by atoms with Crippen LogP contribution in [-0.4, -0.2) is 11.5 Å². The number of nitro groups is 1. The molecule has 0 heterocycles. The highest BCUT2D eigenvalue weighted by molar-refractivity contribution is 5.59. The minimum Gasteiger partial charge on any atom is -0.393 e. The number of hydrogen-bond acceptors (Lipinski definition) is 4. The lowest BCUT2D eigenvalue weighted by molar-refractivity contribution is -0.383. The zero-order valence-electron chi connectivity index (χ0n) is 8.18. The molecule has 0 aliphatic carbocycles. The van der Waals surface area contributed by atoms with Gasteiger partial charge in [-0.15, -0.1) is 6.58 Å². The third-order valence-electron chi connectivity index (χ3n) is 1.79. The summed E-state index contributed by atoms with van der Waals surface area (Å²) in [5.41, 5.74) is 6.39. The van der Waals surface area contributed by atoms with Gasteiger partial charge in [0.25, 0.3) is 5.69 Å². The highest BCUT2D eigenvalue weighted by Crippen LogP contribution is 2.22. The lowest BCUT2D eigenvalue weighted by Crippen LogP contribution is -1.98. The fourth-order valence-corrected chi connectivity index (χ4v) is 1.12. The van der Waals surface area contributed by atoms with E-state index in [0.717, 1.165) is 5.56 Å². The van der Waals surface area contributed by atoms with Gasteiger partial charge in [-0.2, -0.15) is 0 Å². The summed E-state index contributed by atoms with van der Waals surface area (Å²) in [6.45, 7) is 4.32. The maximum absolute atomic E-state index is 10.5. The Kier molecular flexibility index (Phi) is 3.82. The molecule has 0 aromatic heterocycles. The predicted octanol–water partition coefficient (Wildman–Crippen LogP) is 1.88. The smallest absolute Gasteiger partial charge is 0.292 e. The van der Waals surface area contributed by atoms with Crippen molar-refractivity contribution in [2.45, 2.75) is 6.61 Å². The van der Waals surface area contributed by atoms with Crippen molar-refractivity contribution in [3.05, 3.63) is 46.5 Å². The van der Waals surface area contributed by atoms with Crippen molar-refractivity contribution >= 4 is 11.4 Å². The first-order valence-corrected chi connectivity index (χ1v) is 4.36. The van der Waals surface area contributed by atoms with E-state index >= 15 is 0 Å². The van der Waals surface area contributed by atoms with Crippen LogP contribution in [0.5, 0.6) is 0 Å². The number of nitrogen functional groups attached to an aromatic ring is 1. The van der Waals surface area contributed by atoms with Crippen molar-refractivity contribution in [1.29, 1.82) is 0 Å². The topological polar surface area (TPSA) is 78.4 Å². The number of rotatable bonds is 5. The standard InChI is InChI=1S/C10H12N2O3/c1-2-5-15-7-8-3-4-10(12(13)14)9(11)6-8/h2-4,6H,1,5,7,11H2. The number of anilines is 1. The van der Waals surface area contributed by atoms with Crippen molar-refractivity contribution < 1.29 is 9.66 Å². The molecule has 5 nitrogen and oxygen atoms in total. The van der Waals surface area contributed by atoms with Crippen LogP contribution in [-0.2, 0) is 11.3 Å². The maximum atomic E-state index is 10.5. The van der Waals surface area contributed by atoms with E-state index in [1.165, 1.54) is 6.07 Å². The first-order chi connectivity index (χ1) is 7.15. The van der Waals surface area contributed by atoms with Crippen molar-refractivity contribution in [3.63, 3.8) is 0 Å². The van der Waals surface area contributed by atoms with Gasteiger partial charge in [-0.05, 0) is 17.7 Å². The number of nitrogens with zero attached hydrogens (tertiary/aromatic N) is 1. The van der Waals surface area contributed by atoms with Crippen molar-refractivity contribution in [2.75, 3.05) is 12.3 Å². The van der Waals surface area contributed by atoms with Gasteiger partial charge in [0, 0.05) is 6.07 Å². The third kappa shape index (κ3) is 3.07. The monoisotopic (exact) mass is 208 g/mol. The third-order valence-corrected chi connectivity index (χ3v) is 1.79. The van der Waals surface area contributed by atoms with Crippen LogP contribution in [0.3, 0.4) is 0 Å². The Hall–Kier alpha value is -1.88. The molecule has 0 saturated heterocycles. The summed E-state index contributed by atoms with van der Waals surface area (Å²) in [7, 11) is 0. The molecule has 80 valence electrons. The van der Waals surface area contributed by atoms with E-state index in [1.54, 1.807) is 18.2 Å². The lowest BCUT2D eigenvalue weighted by Gasteiger charge is -2.03. The highest BCUT2D eigenvalue weighted by Gasteiger charge is 2.10. The van der Waals surface area contributed by atoms with E-state index in [9.17, 15) is 10.1 Å². The molecule has 0 fully saturated rings. The zero-order valence-corrected chi connectivity index (χ0v) is 8.18. The van der Waals surface area contributed by atoms with E-state index in [-0.39, 0.29) is 11.4 Å². The molecule has 1 aromatic carbocycles. The van der Waals surface area contributed by atoms with Crippen molar-refractivity contribution in [2.24, 2.45) is 0 Å². The summed E-state index contributed by atoms with van der Waals surface area (Å²) < 4.78 is 5.18. The molecular formula is C10H12N2O3. The minimum atomic E-state index is -0.510. The molecule has 0 amide bonds. The number of nitrogens with two attached hydrogens (primary N) is 1. The van der Waals surface area contributed by atoms with Gasteiger partial charge in [-0.25, -0.2) is 0 Å². The summed E-state index contributed by atoms with van der Waals surface area (Å²) in [6, 6.07) is 4.54.